The standard InChI is InChI=1S/C17H19F3N2O3S/c1-26(24,25)22-11-3-2-9-15(22)16(23)21-10-5-7-13-6-4-8-14(12-13)17(18,19)20/h4,6,8,12,15H,2-3,9-11H2,1H3,(H,21,23). The number of hydrogen-bond acceptors (Lipinski definition) is 3. The first-order valence-electron chi connectivity index (χ1n) is 8.00. The summed E-state index contributed by atoms with van der Waals surface area (Å²) in [5.41, 5.74) is -0.608. The molecule has 1 aromatic carbocycles. The SMILES string of the molecule is CS(=O)(=O)N1CCCCC1C(=O)NCC#Cc1cccc(C(F)(F)F)c1. The van der Waals surface area contributed by atoms with E-state index in [1.807, 2.05) is 0 Å². The van der Waals surface area contributed by atoms with Gasteiger partial charge in [0.1, 0.15) is 6.04 Å². The van der Waals surface area contributed by atoms with Gasteiger partial charge in [0.05, 0.1) is 18.4 Å². The minimum atomic E-state index is -4.44. The summed E-state index contributed by atoms with van der Waals surface area (Å²) in [5.74, 6) is 4.70. The second-order valence-corrected chi connectivity index (χ2v) is 7.92. The lowest BCUT2D eigenvalue weighted by atomic mass is 10.0. The number of sulfonamides is 1. The molecule has 1 saturated heterocycles. The summed E-state index contributed by atoms with van der Waals surface area (Å²) in [5, 5.41) is 2.53. The number of amides is 1. The van der Waals surface area contributed by atoms with Crippen molar-refractivity contribution < 1.29 is 26.4 Å². The first-order chi connectivity index (χ1) is 12.1. The quantitative estimate of drug-likeness (QED) is 0.806. The molecule has 0 bridgehead atoms. The second-order valence-electron chi connectivity index (χ2n) is 5.98. The minimum Gasteiger partial charge on any atom is -0.344 e. The van der Waals surface area contributed by atoms with Gasteiger partial charge in [-0.1, -0.05) is 24.3 Å². The van der Waals surface area contributed by atoms with Crippen LogP contribution in [0, 0.1) is 11.8 Å². The molecule has 5 nitrogen and oxygen atoms in total. The van der Waals surface area contributed by atoms with E-state index >= 15 is 0 Å². The Morgan fingerprint density at radius 2 is 2.08 bits per heavy atom. The number of nitrogens with one attached hydrogen (secondary N) is 1. The van der Waals surface area contributed by atoms with Gasteiger partial charge in [0.15, 0.2) is 0 Å². The Morgan fingerprint density at radius 3 is 2.73 bits per heavy atom. The lowest BCUT2D eigenvalue weighted by Gasteiger charge is -2.32. The van der Waals surface area contributed by atoms with Crippen LogP contribution in [0.3, 0.4) is 0 Å². The maximum Gasteiger partial charge on any atom is 0.416 e. The van der Waals surface area contributed by atoms with Gasteiger partial charge in [-0.3, -0.25) is 4.79 Å². The van der Waals surface area contributed by atoms with Crippen LogP contribution in [-0.2, 0) is 21.0 Å². The average Bonchev–Trinajstić information content (AvgIpc) is 2.57. The van der Waals surface area contributed by atoms with E-state index < -0.39 is 33.7 Å². The van der Waals surface area contributed by atoms with Crippen LogP contribution in [0.1, 0.15) is 30.4 Å². The molecule has 1 atom stereocenters. The largest absolute Gasteiger partial charge is 0.416 e. The lowest BCUT2D eigenvalue weighted by Crippen LogP contribution is -2.51. The first kappa shape index (κ1) is 20.3. The summed E-state index contributed by atoms with van der Waals surface area (Å²) in [6.07, 6.45) is -1.50. The van der Waals surface area contributed by atoms with E-state index in [2.05, 4.69) is 17.2 Å². The molecule has 1 unspecified atom stereocenters. The zero-order valence-corrected chi connectivity index (χ0v) is 15.0. The summed E-state index contributed by atoms with van der Waals surface area (Å²) in [6, 6.07) is 3.82. The Labute approximate surface area is 150 Å². The molecule has 1 heterocycles. The van der Waals surface area contributed by atoms with Gasteiger partial charge < -0.3 is 5.32 Å². The Hall–Kier alpha value is -2.05. The average molecular weight is 388 g/mol. The second kappa shape index (κ2) is 8.10. The zero-order valence-electron chi connectivity index (χ0n) is 14.1. The first-order valence-corrected chi connectivity index (χ1v) is 9.84. The molecule has 0 radical (unpaired) electrons. The fraction of sp³-hybridized carbons (Fsp3) is 0.471. The third kappa shape index (κ3) is 5.47. The molecule has 0 spiro atoms. The van der Waals surface area contributed by atoms with Crippen LogP contribution in [-0.4, -0.2) is 44.0 Å². The number of hydrogen-bond donors (Lipinski definition) is 1. The number of halogens is 3. The predicted octanol–water partition coefficient (Wildman–Crippen LogP) is 1.99. The molecule has 2 rings (SSSR count). The normalized spacial score (nSPS) is 18.7. The van der Waals surface area contributed by atoms with Crippen LogP contribution < -0.4 is 5.32 Å². The Kier molecular flexibility index (Phi) is 6.31. The highest BCUT2D eigenvalue weighted by Crippen LogP contribution is 2.29. The summed E-state index contributed by atoms with van der Waals surface area (Å²) in [6.45, 7) is 0.218. The van der Waals surface area contributed by atoms with Crippen molar-refractivity contribution in [3.8, 4) is 11.8 Å². The third-order valence-corrected chi connectivity index (χ3v) is 5.24. The van der Waals surface area contributed by atoms with Crippen molar-refractivity contribution >= 4 is 15.9 Å². The van der Waals surface area contributed by atoms with E-state index in [1.54, 1.807) is 0 Å². The Morgan fingerprint density at radius 1 is 1.35 bits per heavy atom. The Bertz CT molecular complexity index is 826. The van der Waals surface area contributed by atoms with Crippen molar-refractivity contribution in [1.29, 1.82) is 0 Å². The van der Waals surface area contributed by atoms with Gasteiger partial charge in [0.25, 0.3) is 0 Å². The molecule has 1 amide bonds. The highest BCUT2D eigenvalue weighted by atomic mass is 32.2. The van der Waals surface area contributed by atoms with Gasteiger partial charge in [-0.2, -0.15) is 17.5 Å². The fourth-order valence-corrected chi connectivity index (χ4v) is 3.86. The van der Waals surface area contributed by atoms with E-state index in [9.17, 15) is 26.4 Å². The summed E-state index contributed by atoms with van der Waals surface area (Å²) < 4.78 is 62.6. The summed E-state index contributed by atoms with van der Waals surface area (Å²) in [7, 11) is -3.48. The zero-order chi connectivity index (χ0) is 19.4. The number of piperidine rings is 1. The monoisotopic (exact) mass is 388 g/mol. The van der Waals surface area contributed by atoms with E-state index in [-0.39, 0.29) is 12.1 Å². The van der Waals surface area contributed by atoms with Gasteiger partial charge in [-0.05, 0) is 31.0 Å². The van der Waals surface area contributed by atoms with Crippen LogP contribution in [0.5, 0.6) is 0 Å². The fourth-order valence-electron chi connectivity index (χ4n) is 2.73. The van der Waals surface area contributed by atoms with Crippen molar-refractivity contribution in [2.45, 2.75) is 31.5 Å². The van der Waals surface area contributed by atoms with Crippen LogP contribution in [0.25, 0.3) is 0 Å². The third-order valence-electron chi connectivity index (χ3n) is 3.96. The molecular formula is C17H19F3N2O3S. The van der Waals surface area contributed by atoms with Crippen molar-refractivity contribution in [3.63, 3.8) is 0 Å². The Balaban J connectivity index is 1.98. The van der Waals surface area contributed by atoms with Crippen molar-refractivity contribution in [2.75, 3.05) is 19.3 Å². The van der Waals surface area contributed by atoms with Crippen molar-refractivity contribution in [2.24, 2.45) is 0 Å². The minimum absolute atomic E-state index is 0.0802. The maximum absolute atomic E-state index is 12.6. The highest BCUT2D eigenvalue weighted by molar-refractivity contribution is 7.88. The molecule has 0 aliphatic carbocycles. The van der Waals surface area contributed by atoms with E-state index in [0.29, 0.717) is 19.4 Å². The number of alkyl halides is 3. The molecule has 26 heavy (non-hydrogen) atoms. The molecule has 1 aliphatic rings. The molecule has 142 valence electrons. The van der Waals surface area contributed by atoms with Crippen molar-refractivity contribution in [3.05, 3.63) is 35.4 Å². The lowest BCUT2D eigenvalue weighted by molar-refractivity contribution is -0.137. The molecule has 0 aromatic heterocycles. The van der Waals surface area contributed by atoms with Crippen LogP contribution in [0.15, 0.2) is 24.3 Å². The van der Waals surface area contributed by atoms with Crippen LogP contribution in [0.2, 0.25) is 0 Å². The van der Waals surface area contributed by atoms with E-state index in [1.165, 1.54) is 16.4 Å². The molecule has 1 aliphatic heterocycles. The summed E-state index contributed by atoms with van der Waals surface area (Å²) in [4.78, 5) is 12.2. The predicted molar refractivity (Wildman–Crippen MR) is 90.5 cm³/mol. The molecule has 1 fully saturated rings. The van der Waals surface area contributed by atoms with E-state index in [0.717, 1.165) is 24.8 Å². The van der Waals surface area contributed by atoms with Gasteiger partial charge in [-0.15, -0.1) is 0 Å². The van der Waals surface area contributed by atoms with Gasteiger partial charge in [-0.25, -0.2) is 8.42 Å². The highest BCUT2D eigenvalue weighted by Gasteiger charge is 2.34. The van der Waals surface area contributed by atoms with Crippen LogP contribution >= 0.6 is 0 Å². The molecule has 0 saturated carbocycles. The van der Waals surface area contributed by atoms with Gasteiger partial charge in [0, 0.05) is 12.1 Å². The van der Waals surface area contributed by atoms with Crippen LogP contribution in [0.4, 0.5) is 13.2 Å². The molecular weight excluding hydrogens is 369 g/mol. The topological polar surface area (TPSA) is 66.5 Å². The molecule has 9 heteroatoms. The van der Waals surface area contributed by atoms with Gasteiger partial charge in [0.2, 0.25) is 15.9 Å². The number of nitrogens with zero attached hydrogens (tertiary/aromatic N) is 1. The molecule has 1 aromatic rings. The number of carbonyl (C=O) groups excluding carboxylic acids is 1. The maximum atomic E-state index is 12.6. The number of benzene rings is 1. The van der Waals surface area contributed by atoms with E-state index in [4.69, 9.17) is 0 Å². The van der Waals surface area contributed by atoms with Crippen molar-refractivity contribution in [1.82, 2.24) is 9.62 Å². The smallest absolute Gasteiger partial charge is 0.344 e. The van der Waals surface area contributed by atoms with Gasteiger partial charge >= 0.3 is 6.18 Å². The number of carbonyl (C=O) groups is 1. The molecule has 1 N–H and O–H groups in total. The number of rotatable bonds is 3. The summed E-state index contributed by atoms with van der Waals surface area (Å²) >= 11 is 0.